The molecule has 0 aliphatic heterocycles. The molecule has 118 valence electrons. The molecule has 24 heavy (non-hydrogen) atoms. The molecule has 4 rings (SSSR count). The Labute approximate surface area is 144 Å². The van der Waals surface area contributed by atoms with Crippen LogP contribution in [0.4, 0.5) is 0 Å². The van der Waals surface area contributed by atoms with Gasteiger partial charge in [-0.25, -0.2) is 0 Å². The lowest BCUT2D eigenvalue weighted by molar-refractivity contribution is 0.668. The van der Waals surface area contributed by atoms with Crippen LogP contribution in [0.3, 0.4) is 0 Å². The van der Waals surface area contributed by atoms with E-state index in [1.54, 1.807) is 0 Å². The van der Waals surface area contributed by atoms with Crippen molar-refractivity contribution in [1.29, 1.82) is 0 Å². The molecule has 0 spiro atoms. The Morgan fingerprint density at radius 3 is 1.96 bits per heavy atom. The van der Waals surface area contributed by atoms with Crippen LogP contribution in [0.15, 0.2) is 91.0 Å². The van der Waals surface area contributed by atoms with Crippen LogP contribution >= 0.6 is 0 Å². The average molecular weight is 310 g/mol. The minimum atomic E-state index is 0.448. The van der Waals surface area contributed by atoms with Gasteiger partial charge in [-0.1, -0.05) is 96.6 Å². The molecule has 1 aliphatic carbocycles. The Bertz CT molecular complexity index is 826. The summed E-state index contributed by atoms with van der Waals surface area (Å²) in [5.41, 5.74) is 7.00. The number of benzene rings is 3. The maximum atomic E-state index is 2.48. The fourth-order valence-electron chi connectivity index (χ4n) is 3.77. The zero-order valence-corrected chi connectivity index (χ0v) is 14.0. The van der Waals surface area contributed by atoms with Gasteiger partial charge in [0, 0.05) is 5.92 Å². The number of hydrogen-bond acceptors (Lipinski definition) is 0. The Morgan fingerprint density at radius 1 is 0.667 bits per heavy atom. The van der Waals surface area contributed by atoms with Gasteiger partial charge in [-0.05, 0) is 41.5 Å². The number of rotatable bonds is 3. The molecule has 0 heterocycles. The van der Waals surface area contributed by atoms with Gasteiger partial charge in [0.25, 0.3) is 0 Å². The second-order valence-corrected chi connectivity index (χ2v) is 6.72. The van der Waals surface area contributed by atoms with Gasteiger partial charge in [0.15, 0.2) is 0 Å². The molecule has 0 amide bonds. The maximum absolute atomic E-state index is 2.48. The van der Waals surface area contributed by atoms with Gasteiger partial charge in [0.2, 0.25) is 0 Å². The maximum Gasteiger partial charge on any atom is 0.00959 e. The molecular weight excluding hydrogens is 288 g/mol. The first-order chi connectivity index (χ1) is 11.8. The summed E-state index contributed by atoms with van der Waals surface area (Å²) in [6, 6.07) is 30.8. The summed E-state index contributed by atoms with van der Waals surface area (Å²) >= 11 is 0. The van der Waals surface area contributed by atoms with E-state index in [0.29, 0.717) is 11.8 Å². The van der Waals surface area contributed by atoms with Crippen molar-refractivity contribution in [3.05, 3.63) is 113 Å². The van der Waals surface area contributed by atoms with E-state index in [1.165, 1.54) is 27.8 Å². The summed E-state index contributed by atoms with van der Waals surface area (Å²) < 4.78 is 0. The molecular formula is C24H22. The van der Waals surface area contributed by atoms with E-state index >= 15 is 0 Å². The van der Waals surface area contributed by atoms with Crippen molar-refractivity contribution in [2.45, 2.75) is 25.2 Å². The lowest BCUT2D eigenvalue weighted by Gasteiger charge is -2.20. The third kappa shape index (κ3) is 2.92. The van der Waals surface area contributed by atoms with Crippen molar-refractivity contribution < 1.29 is 0 Å². The van der Waals surface area contributed by atoms with Gasteiger partial charge in [-0.2, -0.15) is 0 Å². The largest absolute Gasteiger partial charge is 0.0725 e. The zero-order valence-electron chi connectivity index (χ0n) is 14.0. The van der Waals surface area contributed by atoms with Crippen molar-refractivity contribution >= 4 is 5.57 Å². The van der Waals surface area contributed by atoms with Crippen molar-refractivity contribution in [2.75, 3.05) is 0 Å². The summed E-state index contributed by atoms with van der Waals surface area (Å²) in [5, 5.41) is 0. The van der Waals surface area contributed by atoms with E-state index in [4.69, 9.17) is 0 Å². The predicted octanol–water partition coefficient (Wildman–Crippen LogP) is 6.35. The van der Waals surface area contributed by atoms with Crippen LogP contribution in [0, 0.1) is 6.92 Å². The van der Waals surface area contributed by atoms with E-state index in [0.717, 1.165) is 6.42 Å². The molecule has 0 bridgehead atoms. The average Bonchev–Trinajstić information content (AvgIpc) is 3.09. The van der Waals surface area contributed by atoms with Gasteiger partial charge in [-0.15, -0.1) is 0 Å². The van der Waals surface area contributed by atoms with Gasteiger partial charge in [-0.3, -0.25) is 0 Å². The molecule has 0 saturated carbocycles. The van der Waals surface area contributed by atoms with Crippen LogP contribution in [-0.4, -0.2) is 0 Å². The number of allylic oxidation sites excluding steroid dienone is 2. The lowest BCUT2D eigenvalue weighted by Crippen LogP contribution is -2.05. The Morgan fingerprint density at radius 2 is 1.29 bits per heavy atom. The number of hydrogen-bond donors (Lipinski definition) is 0. The first-order valence-electron chi connectivity index (χ1n) is 8.69. The molecule has 0 N–H and O–H groups in total. The molecule has 3 aromatic carbocycles. The SMILES string of the molecule is Cc1ccc([C@@H]2CC(c3ccccc3)=C[C@H]2c2ccccc2)cc1. The van der Waals surface area contributed by atoms with E-state index in [2.05, 4.69) is 97.9 Å². The normalized spacial score (nSPS) is 20.0. The summed E-state index contributed by atoms with van der Waals surface area (Å²) in [4.78, 5) is 0. The van der Waals surface area contributed by atoms with Crippen LogP contribution < -0.4 is 0 Å². The van der Waals surface area contributed by atoms with E-state index < -0.39 is 0 Å². The van der Waals surface area contributed by atoms with Crippen molar-refractivity contribution in [3.63, 3.8) is 0 Å². The minimum absolute atomic E-state index is 0.448. The van der Waals surface area contributed by atoms with Crippen molar-refractivity contribution in [1.82, 2.24) is 0 Å². The van der Waals surface area contributed by atoms with Crippen LogP contribution in [0.2, 0.25) is 0 Å². The predicted molar refractivity (Wildman–Crippen MR) is 102 cm³/mol. The van der Waals surface area contributed by atoms with E-state index in [9.17, 15) is 0 Å². The first kappa shape index (κ1) is 15.0. The summed E-state index contributed by atoms with van der Waals surface area (Å²) in [7, 11) is 0. The van der Waals surface area contributed by atoms with Crippen LogP contribution in [0.5, 0.6) is 0 Å². The molecule has 1 aliphatic rings. The first-order valence-corrected chi connectivity index (χ1v) is 8.69. The van der Waals surface area contributed by atoms with Crippen LogP contribution in [-0.2, 0) is 0 Å². The topological polar surface area (TPSA) is 0 Å². The smallest absolute Gasteiger partial charge is 0.00959 e. The molecule has 0 aromatic heterocycles. The van der Waals surface area contributed by atoms with Gasteiger partial charge >= 0.3 is 0 Å². The zero-order chi connectivity index (χ0) is 16.4. The lowest BCUT2D eigenvalue weighted by atomic mass is 9.83. The van der Waals surface area contributed by atoms with E-state index in [-0.39, 0.29) is 0 Å². The van der Waals surface area contributed by atoms with E-state index in [1.807, 2.05) is 0 Å². The van der Waals surface area contributed by atoms with Crippen LogP contribution in [0.25, 0.3) is 5.57 Å². The Kier molecular flexibility index (Phi) is 4.04. The third-order valence-electron chi connectivity index (χ3n) is 5.09. The van der Waals surface area contributed by atoms with Crippen molar-refractivity contribution in [2.24, 2.45) is 0 Å². The highest BCUT2D eigenvalue weighted by molar-refractivity contribution is 5.71. The fraction of sp³-hybridized carbons (Fsp3) is 0.167. The van der Waals surface area contributed by atoms with Gasteiger partial charge < -0.3 is 0 Å². The highest BCUT2D eigenvalue weighted by Crippen LogP contribution is 2.47. The summed E-state index contributed by atoms with van der Waals surface area (Å²) in [6.45, 7) is 2.15. The monoisotopic (exact) mass is 310 g/mol. The molecule has 0 unspecified atom stereocenters. The second kappa shape index (κ2) is 6.49. The summed E-state index contributed by atoms with van der Waals surface area (Å²) in [6.07, 6.45) is 3.59. The standard InChI is InChI=1S/C24H22/c1-18-12-14-21(15-13-18)24-17-22(19-8-4-2-5-9-19)16-23(24)20-10-6-3-7-11-20/h2-16,23-24H,17H2,1H3/t23-,24-/m0/s1. The molecule has 3 aromatic rings. The molecule has 0 heteroatoms. The molecule has 2 atom stereocenters. The Balaban J connectivity index is 1.74. The molecule has 0 radical (unpaired) electrons. The molecule has 0 fully saturated rings. The van der Waals surface area contributed by atoms with Gasteiger partial charge in [0.1, 0.15) is 0 Å². The quantitative estimate of drug-likeness (QED) is 0.529. The molecule has 0 nitrogen and oxygen atoms in total. The third-order valence-corrected chi connectivity index (χ3v) is 5.09. The highest BCUT2D eigenvalue weighted by atomic mass is 14.3. The summed E-state index contributed by atoms with van der Waals surface area (Å²) in [5.74, 6) is 0.965. The number of aryl methyl sites for hydroxylation is 1. The van der Waals surface area contributed by atoms with Crippen molar-refractivity contribution in [3.8, 4) is 0 Å². The highest BCUT2D eigenvalue weighted by Gasteiger charge is 2.30. The minimum Gasteiger partial charge on any atom is -0.0725 e. The van der Waals surface area contributed by atoms with Gasteiger partial charge in [0.05, 0.1) is 0 Å². The Hall–Kier alpha value is -2.60. The fourth-order valence-corrected chi connectivity index (χ4v) is 3.77. The molecule has 0 saturated heterocycles. The second-order valence-electron chi connectivity index (χ2n) is 6.72. The van der Waals surface area contributed by atoms with Crippen LogP contribution in [0.1, 0.15) is 40.5 Å².